The Balaban J connectivity index is 2.73. The minimum Gasteiger partial charge on any atom is -0.350 e. The van der Waals surface area contributed by atoms with E-state index in [1.807, 2.05) is 0 Å². The molecular weight excluding hydrogens is 242 g/mol. The monoisotopic (exact) mass is 267 g/mol. The Bertz CT molecular complexity index is 354. The highest BCUT2D eigenvalue weighted by molar-refractivity contribution is 6.02. The zero-order valence-electron chi connectivity index (χ0n) is 12.4. The first-order valence-electron chi connectivity index (χ1n) is 7.08. The quantitative estimate of drug-likeness (QED) is 0.777. The third-order valence-corrected chi connectivity index (χ3v) is 3.96. The summed E-state index contributed by atoms with van der Waals surface area (Å²) in [5.41, 5.74) is -0.813. The molecule has 1 aliphatic rings. The van der Waals surface area contributed by atoms with Crippen molar-refractivity contribution in [2.75, 3.05) is 0 Å². The number of nitrogens with one attached hydrogen (secondary N) is 1. The van der Waals surface area contributed by atoms with Gasteiger partial charge in [-0.25, -0.2) is 0 Å². The summed E-state index contributed by atoms with van der Waals surface area (Å²) in [4.78, 5) is 35.5. The first-order chi connectivity index (χ1) is 8.75. The summed E-state index contributed by atoms with van der Waals surface area (Å²) >= 11 is 0. The molecule has 0 aromatic rings. The van der Waals surface area contributed by atoms with Gasteiger partial charge in [0.1, 0.15) is 11.6 Å². The van der Waals surface area contributed by atoms with Crippen LogP contribution in [-0.2, 0) is 14.4 Å². The number of amides is 1. The van der Waals surface area contributed by atoms with E-state index >= 15 is 0 Å². The number of rotatable bonds is 5. The van der Waals surface area contributed by atoms with Gasteiger partial charge in [-0.1, -0.05) is 19.3 Å². The maximum absolute atomic E-state index is 12.2. The lowest BCUT2D eigenvalue weighted by Gasteiger charge is -2.34. The molecule has 0 unspecified atom stereocenters. The molecule has 1 rings (SSSR count). The van der Waals surface area contributed by atoms with Crippen molar-refractivity contribution >= 4 is 17.5 Å². The van der Waals surface area contributed by atoms with Gasteiger partial charge >= 0.3 is 0 Å². The van der Waals surface area contributed by atoms with E-state index in [-0.39, 0.29) is 23.4 Å². The lowest BCUT2D eigenvalue weighted by Crippen LogP contribution is -2.55. The molecule has 0 aromatic carbocycles. The second kappa shape index (κ2) is 6.31. The van der Waals surface area contributed by atoms with Crippen LogP contribution in [0, 0.1) is 11.8 Å². The van der Waals surface area contributed by atoms with Crippen LogP contribution in [0.15, 0.2) is 0 Å². The minimum atomic E-state index is -0.813. The zero-order valence-corrected chi connectivity index (χ0v) is 12.4. The number of carbonyl (C=O) groups is 3. The summed E-state index contributed by atoms with van der Waals surface area (Å²) in [6.07, 6.45) is 5.18. The van der Waals surface area contributed by atoms with Crippen LogP contribution in [0.4, 0.5) is 0 Å². The zero-order chi connectivity index (χ0) is 14.6. The normalized spacial score (nSPS) is 17.3. The van der Waals surface area contributed by atoms with Gasteiger partial charge in [0.25, 0.3) is 0 Å². The maximum Gasteiger partial charge on any atom is 0.223 e. The standard InChI is InChI=1S/C15H25NO3/c1-10(17)13(11(2)18)15(3,4)16-14(19)12-8-6-5-7-9-12/h12-13H,5-9H2,1-4H3,(H,16,19). The number of Topliss-reactive ketones (excluding diaryl/α,β-unsaturated/α-hetero) is 2. The lowest BCUT2D eigenvalue weighted by atomic mass is 9.80. The van der Waals surface area contributed by atoms with Crippen molar-refractivity contribution < 1.29 is 14.4 Å². The van der Waals surface area contributed by atoms with E-state index in [2.05, 4.69) is 5.32 Å². The SMILES string of the molecule is CC(=O)C(C(C)=O)C(C)(C)NC(=O)C1CCCCC1. The van der Waals surface area contributed by atoms with Crippen molar-refractivity contribution in [1.82, 2.24) is 5.32 Å². The molecule has 1 N–H and O–H groups in total. The molecule has 0 radical (unpaired) electrons. The second-order valence-electron chi connectivity index (χ2n) is 6.20. The van der Waals surface area contributed by atoms with Gasteiger partial charge in [0.15, 0.2) is 0 Å². The molecule has 1 saturated carbocycles. The maximum atomic E-state index is 12.2. The van der Waals surface area contributed by atoms with Gasteiger partial charge in [-0.2, -0.15) is 0 Å². The van der Waals surface area contributed by atoms with Crippen LogP contribution < -0.4 is 5.32 Å². The third-order valence-electron chi connectivity index (χ3n) is 3.96. The number of hydrogen-bond acceptors (Lipinski definition) is 3. The number of ketones is 2. The topological polar surface area (TPSA) is 63.2 Å². The van der Waals surface area contributed by atoms with Gasteiger partial charge in [0.2, 0.25) is 5.91 Å². The highest BCUT2D eigenvalue weighted by atomic mass is 16.2. The van der Waals surface area contributed by atoms with Gasteiger partial charge in [0, 0.05) is 5.92 Å². The summed E-state index contributed by atoms with van der Waals surface area (Å²) in [6.45, 7) is 6.31. The summed E-state index contributed by atoms with van der Waals surface area (Å²) < 4.78 is 0. The van der Waals surface area contributed by atoms with E-state index in [0.717, 1.165) is 25.7 Å². The van der Waals surface area contributed by atoms with Crippen LogP contribution in [0.3, 0.4) is 0 Å². The van der Waals surface area contributed by atoms with Gasteiger partial charge in [-0.05, 0) is 40.5 Å². The van der Waals surface area contributed by atoms with Crippen molar-refractivity contribution in [3.8, 4) is 0 Å². The van der Waals surface area contributed by atoms with Crippen LogP contribution in [0.25, 0.3) is 0 Å². The van der Waals surface area contributed by atoms with E-state index in [1.165, 1.54) is 20.3 Å². The van der Waals surface area contributed by atoms with Crippen LogP contribution in [0.2, 0.25) is 0 Å². The first kappa shape index (κ1) is 15.9. The van der Waals surface area contributed by atoms with Gasteiger partial charge in [-0.3, -0.25) is 14.4 Å². The summed E-state index contributed by atoms with van der Waals surface area (Å²) in [6, 6.07) is 0. The van der Waals surface area contributed by atoms with Crippen LogP contribution in [-0.4, -0.2) is 23.0 Å². The predicted molar refractivity (Wildman–Crippen MR) is 73.6 cm³/mol. The molecule has 0 spiro atoms. The van der Waals surface area contributed by atoms with Crippen LogP contribution in [0.5, 0.6) is 0 Å². The van der Waals surface area contributed by atoms with E-state index in [4.69, 9.17) is 0 Å². The Morgan fingerprint density at radius 2 is 1.47 bits per heavy atom. The highest BCUT2D eigenvalue weighted by Gasteiger charge is 2.38. The molecule has 4 heteroatoms. The fraction of sp³-hybridized carbons (Fsp3) is 0.800. The number of hydrogen-bond donors (Lipinski definition) is 1. The van der Waals surface area contributed by atoms with Gasteiger partial charge < -0.3 is 5.32 Å². The lowest BCUT2D eigenvalue weighted by molar-refractivity contribution is -0.135. The van der Waals surface area contributed by atoms with E-state index < -0.39 is 11.5 Å². The molecule has 1 aliphatic carbocycles. The van der Waals surface area contributed by atoms with Crippen molar-refractivity contribution in [2.45, 2.75) is 65.3 Å². The summed E-state index contributed by atoms with van der Waals surface area (Å²) in [5.74, 6) is -1.13. The summed E-state index contributed by atoms with van der Waals surface area (Å²) in [7, 11) is 0. The van der Waals surface area contributed by atoms with Crippen molar-refractivity contribution in [3.05, 3.63) is 0 Å². The molecule has 108 valence electrons. The van der Waals surface area contributed by atoms with Crippen LogP contribution >= 0.6 is 0 Å². The van der Waals surface area contributed by atoms with Gasteiger partial charge in [0.05, 0.1) is 11.5 Å². The average Bonchev–Trinajstić information content (AvgIpc) is 2.27. The van der Waals surface area contributed by atoms with Crippen molar-refractivity contribution in [2.24, 2.45) is 11.8 Å². The molecule has 0 saturated heterocycles. The molecule has 0 heterocycles. The molecule has 1 amide bonds. The Morgan fingerprint density at radius 1 is 1.00 bits per heavy atom. The highest BCUT2D eigenvalue weighted by Crippen LogP contribution is 2.26. The van der Waals surface area contributed by atoms with E-state index in [9.17, 15) is 14.4 Å². The molecule has 0 atom stereocenters. The van der Waals surface area contributed by atoms with Crippen LogP contribution in [0.1, 0.15) is 59.8 Å². The third kappa shape index (κ3) is 4.15. The predicted octanol–water partition coefficient (Wildman–Crippen LogP) is 2.26. The minimum absolute atomic E-state index is 0.0165. The second-order valence-corrected chi connectivity index (χ2v) is 6.20. The summed E-state index contributed by atoms with van der Waals surface area (Å²) in [5, 5.41) is 2.91. The Labute approximate surface area is 115 Å². The molecule has 0 bridgehead atoms. The Hall–Kier alpha value is -1.19. The van der Waals surface area contributed by atoms with Crippen molar-refractivity contribution in [3.63, 3.8) is 0 Å². The van der Waals surface area contributed by atoms with E-state index in [0.29, 0.717) is 0 Å². The largest absolute Gasteiger partial charge is 0.350 e. The molecule has 19 heavy (non-hydrogen) atoms. The molecule has 4 nitrogen and oxygen atoms in total. The van der Waals surface area contributed by atoms with E-state index in [1.54, 1.807) is 13.8 Å². The fourth-order valence-electron chi connectivity index (χ4n) is 3.16. The molecular formula is C15H25NO3. The Morgan fingerprint density at radius 3 is 1.89 bits per heavy atom. The fourth-order valence-corrected chi connectivity index (χ4v) is 3.16. The average molecular weight is 267 g/mol. The smallest absolute Gasteiger partial charge is 0.223 e. The Kier molecular flexibility index (Phi) is 5.27. The molecule has 0 aliphatic heterocycles. The molecule has 0 aromatic heterocycles. The first-order valence-corrected chi connectivity index (χ1v) is 7.08. The molecule has 1 fully saturated rings. The number of carbonyl (C=O) groups excluding carboxylic acids is 3. The van der Waals surface area contributed by atoms with Crippen molar-refractivity contribution in [1.29, 1.82) is 0 Å². The van der Waals surface area contributed by atoms with Gasteiger partial charge in [-0.15, -0.1) is 0 Å².